The number of nitrogens with zero attached hydrogens (tertiary/aromatic N) is 5. The molecule has 2 saturated carbocycles. The molecule has 4 fully saturated rings. The number of piperidine rings is 1. The third kappa shape index (κ3) is 5.73. The average molecular weight is 728 g/mol. The van der Waals surface area contributed by atoms with Crippen molar-refractivity contribution in [3.05, 3.63) is 94.1 Å². The summed E-state index contributed by atoms with van der Waals surface area (Å²) in [5, 5.41) is 19.7. The summed E-state index contributed by atoms with van der Waals surface area (Å²) < 4.78 is 20.9. The van der Waals surface area contributed by atoms with Crippen LogP contribution in [0, 0.1) is 37.9 Å². The molecule has 1 aromatic heterocycles. The summed E-state index contributed by atoms with van der Waals surface area (Å²) in [6.07, 6.45) is 3.95. The molecule has 4 heterocycles. The minimum atomic E-state index is -0.737. The summed E-state index contributed by atoms with van der Waals surface area (Å²) in [6.45, 7) is 7.92. The van der Waals surface area contributed by atoms with Gasteiger partial charge >= 0.3 is 0 Å². The standard InChI is InChI=1S/C42H42FN7O4/c1-23-4-5-26(39-24(2)47-54-25(39)3)15-37(23)50(30-8-6-28(7-9-30)42(22-44)12-13-42)32-20-48(21-32)31-16-29(17-31)45-35-18-33-27(14-34(35)43)19-49(41(33)53)36-10-11-38(51)46-40(36)52/h4-9,14-15,18,29,31-32,36,45H,10-13,16-17,19-21H2,1-3H3,(H,46,51,52). The molecule has 1 atom stereocenters. The number of aryl methyl sites for hydroxylation is 3. The SMILES string of the molecule is Cc1ccc(-c2c(C)noc2C)cc1N(c1ccc(C2(C#N)CC2)cc1)C1CN(C2CC(Nc3cc4c(cc3F)CN(C3CCC(=O)NC3=O)C4=O)C2)C1. The molecule has 3 amide bonds. The van der Waals surface area contributed by atoms with E-state index in [2.05, 4.69) is 81.0 Å². The van der Waals surface area contributed by atoms with Gasteiger partial charge in [-0.25, -0.2) is 4.39 Å². The van der Waals surface area contributed by atoms with Crippen molar-refractivity contribution in [1.29, 1.82) is 5.26 Å². The second-order valence-corrected chi connectivity index (χ2v) is 15.8. The Kier molecular flexibility index (Phi) is 8.12. The molecule has 2 saturated heterocycles. The lowest BCUT2D eigenvalue weighted by Gasteiger charge is -2.54. The maximum Gasteiger partial charge on any atom is 0.255 e. The summed E-state index contributed by atoms with van der Waals surface area (Å²) in [5.74, 6) is -0.774. The molecule has 12 heteroatoms. The van der Waals surface area contributed by atoms with Crippen molar-refractivity contribution in [2.75, 3.05) is 23.3 Å². The predicted octanol–water partition coefficient (Wildman–Crippen LogP) is 6.19. The third-order valence-corrected chi connectivity index (χ3v) is 12.3. The Morgan fingerprint density at radius 1 is 1.04 bits per heavy atom. The van der Waals surface area contributed by atoms with Gasteiger partial charge in [0.1, 0.15) is 17.6 Å². The first-order valence-corrected chi connectivity index (χ1v) is 18.8. The number of likely N-dealkylation sites (tertiary alicyclic amines) is 1. The van der Waals surface area contributed by atoms with Gasteiger partial charge in [0.25, 0.3) is 5.91 Å². The van der Waals surface area contributed by atoms with E-state index in [0.717, 1.165) is 83.9 Å². The number of rotatable bonds is 9. The average Bonchev–Trinajstić information content (AvgIpc) is 3.77. The molecule has 2 aliphatic carbocycles. The molecule has 0 bridgehead atoms. The maximum atomic E-state index is 15.3. The van der Waals surface area contributed by atoms with Gasteiger partial charge in [0.2, 0.25) is 11.8 Å². The lowest BCUT2D eigenvalue weighted by atomic mass is 9.82. The highest BCUT2D eigenvalue weighted by molar-refractivity contribution is 6.05. The van der Waals surface area contributed by atoms with Crippen molar-refractivity contribution in [3.8, 4) is 17.2 Å². The molecule has 276 valence electrons. The summed E-state index contributed by atoms with van der Waals surface area (Å²) in [7, 11) is 0. The molecule has 5 aliphatic rings. The molecule has 1 unspecified atom stereocenters. The number of carbonyl (C=O) groups excluding carboxylic acids is 3. The van der Waals surface area contributed by atoms with E-state index in [-0.39, 0.29) is 48.7 Å². The van der Waals surface area contributed by atoms with Crippen molar-refractivity contribution in [1.82, 2.24) is 20.3 Å². The van der Waals surface area contributed by atoms with E-state index in [1.165, 1.54) is 11.0 Å². The maximum absolute atomic E-state index is 15.3. The summed E-state index contributed by atoms with van der Waals surface area (Å²) in [6, 6.07) is 20.4. The number of fused-ring (bicyclic) bond motifs is 1. The van der Waals surface area contributed by atoms with E-state index in [4.69, 9.17) is 4.52 Å². The number of aromatic nitrogens is 1. The van der Waals surface area contributed by atoms with Crippen LogP contribution in [0.3, 0.4) is 0 Å². The molecule has 3 aliphatic heterocycles. The fraction of sp³-hybridized carbons (Fsp3) is 0.405. The van der Waals surface area contributed by atoms with E-state index in [0.29, 0.717) is 22.9 Å². The number of hydrogen-bond acceptors (Lipinski definition) is 9. The topological polar surface area (TPSA) is 135 Å². The van der Waals surface area contributed by atoms with Gasteiger partial charge in [-0.1, -0.05) is 29.4 Å². The number of halogens is 1. The molecule has 9 rings (SSSR count). The molecular formula is C42H42FN7O4. The van der Waals surface area contributed by atoms with E-state index in [1.807, 2.05) is 13.8 Å². The van der Waals surface area contributed by atoms with Gasteiger partial charge in [-0.3, -0.25) is 24.6 Å². The van der Waals surface area contributed by atoms with E-state index in [9.17, 15) is 19.6 Å². The number of nitrogens with one attached hydrogen (secondary N) is 2. The van der Waals surface area contributed by atoms with Gasteiger partial charge in [-0.2, -0.15) is 5.26 Å². The van der Waals surface area contributed by atoms with Crippen LogP contribution in [0.2, 0.25) is 0 Å². The number of anilines is 3. The molecule has 0 radical (unpaired) electrons. The molecule has 54 heavy (non-hydrogen) atoms. The van der Waals surface area contributed by atoms with E-state index in [1.54, 1.807) is 6.07 Å². The van der Waals surface area contributed by atoms with Crippen LogP contribution in [0.25, 0.3) is 11.1 Å². The van der Waals surface area contributed by atoms with Gasteiger partial charge in [0, 0.05) is 60.6 Å². The fourth-order valence-electron chi connectivity index (χ4n) is 8.87. The Bertz CT molecular complexity index is 2230. The van der Waals surface area contributed by atoms with Crippen molar-refractivity contribution in [2.45, 2.75) is 95.4 Å². The van der Waals surface area contributed by atoms with Crippen LogP contribution in [-0.4, -0.2) is 69.9 Å². The minimum Gasteiger partial charge on any atom is -0.380 e. The zero-order chi connectivity index (χ0) is 37.5. The Hall–Kier alpha value is -5.54. The van der Waals surface area contributed by atoms with Crippen molar-refractivity contribution >= 4 is 34.8 Å². The number of carbonyl (C=O) groups is 3. The number of imide groups is 1. The fourth-order valence-corrected chi connectivity index (χ4v) is 8.87. The van der Waals surface area contributed by atoms with Crippen LogP contribution in [0.1, 0.15) is 77.0 Å². The lowest BCUT2D eigenvalue weighted by Crippen LogP contribution is -2.65. The first kappa shape index (κ1) is 34.2. The second kappa shape index (κ2) is 12.8. The summed E-state index contributed by atoms with van der Waals surface area (Å²) >= 11 is 0. The minimum absolute atomic E-state index is 0.0665. The molecule has 11 nitrogen and oxygen atoms in total. The first-order valence-electron chi connectivity index (χ1n) is 18.8. The second-order valence-electron chi connectivity index (χ2n) is 15.8. The number of benzene rings is 3. The van der Waals surface area contributed by atoms with Gasteiger partial charge in [-0.15, -0.1) is 0 Å². The zero-order valence-electron chi connectivity index (χ0n) is 30.6. The van der Waals surface area contributed by atoms with Crippen LogP contribution in [0.5, 0.6) is 0 Å². The normalized spacial score (nSPS) is 23.3. The largest absolute Gasteiger partial charge is 0.380 e. The number of hydrogen-bond donors (Lipinski definition) is 2. The molecule has 4 aromatic rings. The number of amides is 3. The lowest BCUT2D eigenvalue weighted by molar-refractivity contribution is -0.136. The Morgan fingerprint density at radius 3 is 2.46 bits per heavy atom. The van der Waals surface area contributed by atoms with E-state index >= 15 is 4.39 Å². The van der Waals surface area contributed by atoms with Crippen LogP contribution in [0.15, 0.2) is 59.1 Å². The number of nitriles is 1. The zero-order valence-corrected chi connectivity index (χ0v) is 30.6. The smallest absolute Gasteiger partial charge is 0.255 e. The highest BCUT2D eigenvalue weighted by Gasteiger charge is 2.46. The van der Waals surface area contributed by atoms with Crippen molar-refractivity contribution in [2.24, 2.45) is 0 Å². The van der Waals surface area contributed by atoms with Crippen molar-refractivity contribution in [3.63, 3.8) is 0 Å². The third-order valence-electron chi connectivity index (χ3n) is 12.3. The Morgan fingerprint density at radius 2 is 1.80 bits per heavy atom. The van der Waals surface area contributed by atoms with Crippen LogP contribution >= 0.6 is 0 Å². The van der Waals surface area contributed by atoms with Gasteiger partial charge in [0.05, 0.1) is 28.9 Å². The molecule has 3 aromatic carbocycles. The van der Waals surface area contributed by atoms with Crippen LogP contribution in [0.4, 0.5) is 21.5 Å². The molecule has 0 spiro atoms. The monoisotopic (exact) mass is 727 g/mol. The summed E-state index contributed by atoms with van der Waals surface area (Å²) in [4.78, 5) is 43.8. The van der Waals surface area contributed by atoms with Gasteiger partial charge < -0.3 is 19.6 Å². The predicted molar refractivity (Wildman–Crippen MR) is 199 cm³/mol. The van der Waals surface area contributed by atoms with Crippen LogP contribution in [-0.2, 0) is 21.5 Å². The molecule has 2 N–H and O–H groups in total. The first-order chi connectivity index (χ1) is 26.0. The highest BCUT2D eigenvalue weighted by atomic mass is 19.1. The Balaban J connectivity index is 0.887. The van der Waals surface area contributed by atoms with Crippen molar-refractivity contribution < 1.29 is 23.3 Å². The Labute approximate surface area is 313 Å². The quantitative estimate of drug-likeness (QED) is 0.194. The van der Waals surface area contributed by atoms with Crippen LogP contribution < -0.4 is 15.5 Å². The van der Waals surface area contributed by atoms with Gasteiger partial charge in [0.15, 0.2) is 0 Å². The van der Waals surface area contributed by atoms with Gasteiger partial charge in [-0.05, 0) is 105 Å². The summed E-state index contributed by atoms with van der Waals surface area (Å²) in [5.41, 5.74) is 8.26. The van der Waals surface area contributed by atoms with E-state index < -0.39 is 17.8 Å². The molecular weight excluding hydrogens is 686 g/mol. The highest BCUT2D eigenvalue weighted by Crippen LogP contribution is 2.48.